The van der Waals surface area contributed by atoms with Gasteiger partial charge in [0.05, 0.1) is 16.2 Å². The van der Waals surface area contributed by atoms with Crippen molar-refractivity contribution in [3.8, 4) is 0 Å². The quantitative estimate of drug-likeness (QED) is 0.742. The van der Waals surface area contributed by atoms with Gasteiger partial charge in [-0.3, -0.25) is 9.59 Å². The van der Waals surface area contributed by atoms with Gasteiger partial charge in [0.1, 0.15) is 10.7 Å². The zero-order chi connectivity index (χ0) is 20.8. The van der Waals surface area contributed by atoms with Crippen LogP contribution in [-0.2, 0) is 27.8 Å². The van der Waals surface area contributed by atoms with Crippen LogP contribution < -0.4 is 11.1 Å². The second kappa shape index (κ2) is 7.39. The summed E-state index contributed by atoms with van der Waals surface area (Å²) < 4.78 is 29.5. The molecule has 11 heteroatoms. The lowest BCUT2D eigenvalue weighted by atomic mass is 9.95. The minimum Gasteiger partial charge on any atom is -0.365 e. The van der Waals surface area contributed by atoms with Gasteiger partial charge in [0.15, 0.2) is 0 Å². The molecule has 4 rings (SSSR count). The topological polar surface area (TPSA) is 122 Å². The maximum absolute atomic E-state index is 13.0. The van der Waals surface area contributed by atoms with Gasteiger partial charge in [-0.2, -0.15) is 8.42 Å². The smallest absolute Gasteiger partial charge is 0.345 e. The van der Waals surface area contributed by atoms with Crippen LogP contribution in [0.5, 0.6) is 0 Å². The third-order valence-electron chi connectivity index (χ3n) is 4.82. The molecule has 2 aromatic heterocycles. The van der Waals surface area contributed by atoms with Gasteiger partial charge in [0.25, 0.3) is 11.8 Å². The van der Waals surface area contributed by atoms with Gasteiger partial charge in [0.2, 0.25) is 0 Å². The number of hydrogen-bond donors (Lipinski definition) is 2. The van der Waals surface area contributed by atoms with E-state index < -0.39 is 22.0 Å². The van der Waals surface area contributed by atoms with Crippen molar-refractivity contribution >= 4 is 55.4 Å². The molecule has 1 aliphatic heterocycles. The van der Waals surface area contributed by atoms with Crippen LogP contribution in [0.4, 0.5) is 5.00 Å². The summed E-state index contributed by atoms with van der Waals surface area (Å²) in [5.41, 5.74) is 6.91. The van der Waals surface area contributed by atoms with Crippen molar-refractivity contribution in [2.75, 3.05) is 12.4 Å². The second-order valence-corrected chi connectivity index (χ2v) is 10.3. The van der Waals surface area contributed by atoms with Crippen molar-refractivity contribution in [1.82, 2.24) is 4.31 Å². The van der Waals surface area contributed by atoms with E-state index in [9.17, 15) is 18.0 Å². The zero-order valence-electron chi connectivity index (χ0n) is 15.5. The number of aryl methyl sites for hydroxylation is 1. The van der Waals surface area contributed by atoms with Crippen LogP contribution in [0, 0.1) is 0 Å². The van der Waals surface area contributed by atoms with E-state index in [2.05, 4.69) is 9.71 Å². The number of likely N-dealkylation sites (N-methyl/N-ethyl adjacent to an activating group) is 1. The Labute approximate surface area is 175 Å². The number of rotatable bonds is 4. The Balaban J connectivity index is 1.71. The maximum Gasteiger partial charge on any atom is 0.345 e. The molecule has 0 unspecified atom stereocenters. The molecule has 0 aromatic carbocycles. The van der Waals surface area contributed by atoms with Crippen molar-refractivity contribution in [2.45, 2.75) is 25.7 Å². The predicted octanol–water partition coefficient (Wildman–Crippen LogP) is 2.29. The van der Waals surface area contributed by atoms with Crippen LogP contribution in [-0.4, -0.2) is 37.3 Å². The van der Waals surface area contributed by atoms with Crippen LogP contribution in [0.15, 0.2) is 33.7 Å². The molecule has 0 saturated heterocycles. The van der Waals surface area contributed by atoms with E-state index in [0.29, 0.717) is 15.4 Å². The van der Waals surface area contributed by atoms with E-state index in [4.69, 9.17) is 5.73 Å². The SMILES string of the molecule is CN1C(C(=O)Nc2sc3c(c2C(N)=O)CCCC3)=CC(c2cccs2)=NS1(=O)=O. The first-order chi connectivity index (χ1) is 13.8. The summed E-state index contributed by atoms with van der Waals surface area (Å²) in [5, 5.41) is 4.87. The van der Waals surface area contributed by atoms with Gasteiger partial charge in [0, 0.05) is 11.9 Å². The minimum absolute atomic E-state index is 0.0785. The maximum atomic E-state index is 13.0. The standard InChI is InChI=1S/C18H18N4O4S3/c1-22-12(9-11(21-29(22,25)26)14-7-4-8-27-14)17(24)20-18-15(16(19)23)10-5-2-3-6-13(10)28-18/h4,7-9H,2-3,5-6H2,1H3,(H2,19,23)(H,20,24). The molecular weight excluding hydrogens is 432 g/mol. The fourth-order valence-electron chi connectivity index (χ4n) is 3.39. The van der Waals surface area contributed by atoms with Crippen molar-refractivity contribution in [1.29, 1.82) is 0 Å². The lowest BCUT2D eigenvalue weighted by Gasteiger charge is -2.23. The highest BCUT2D eigenvalue weighted by Gasteiger charge is 2.32. The highest BCUT2D eigenvalue weighted by atomic mass is 32.2. The molecule has 1 aliphatic carbocycles. The number of amides is 2. The molecule has 8 nitrogen and oxygen atoms in total. The number of carbonyl (C=O) groups is 2. The van der Waals surface area contributed by atoms with Crippen LogP contribution in [0.1, 0.15) is 38.5 Å². The van der Waals surface area contributed by atoms with Crippen LogP contribution in [0.25, 0.3) is 0 Å². The Bertz CT molecular complexity index is 1160. The first-order valence-electron chi connectivity index (χ1n) is 8.88. The molecule has 29 heavy (non-hydrogen) atoms. The molecular formula is C18H18N4O4S3. The normalized spacial score (nSPS) is 17.9. The highest BCUT2D eigenvalue weighted by molar-refractivity contribution is 7.88. The number of nitrogens with two attached hydrogens (primary N) is 1. The van der Waals surface area contributed by atoms with E-state index in [1.807, 2.05) is 0 Å². The first-order valence-corrected chi connectivity index (χ1v) is 12.0. The fraction of sp³-hybridized carbons (Fsp3) is 0.278. The number of anilines is 1. The van der Waals surface area contributed by atoms with E-state index >= 15 is 0 Å². The zero-order valence-corrected chi connectivity index (χ0v) is 17.9. The molecule has 0 bridgehead atoms. The third kappa shape index (κ3) is 3.61. The Morgan fingerprint density at radius 2 is 2.03 bits per heavy atom. The molecule has 2 aromatic rings. The Hall–Kier alpha value is -2.50. The van der Waals surface area contributed by atoms with Gasteiger partial charge in [-0.25, -0.2) is 4.31 Å². The molecule has 0 radical (unpaired) electrons. The van der Waals surface area contributed by atoms with E-state index in [1.54, 1.807) is 17.5 Å². The molecule has 0 saturated carbocycles. The third-order valence-corrected chi connectivity index (χ3v) is 8.24. The first kappa shape index (κ1) is 19.8. The summed E-state index contributed by atoms with van der Waals surface area (Å²) >= 11 is 2.65. The monoisotopic (exact) mass is 450 g/mol. The van der Waals surface area contributed by atoms with Crippen LogP contribution >= 0.6 is 22.7 Å². The number of nitrogens with one attached hydrogen (secondary N) is 1. The Morgan fingerprint density at radius 1 is 1.28 bits per heavy atom. The summed E-state index contributed by atoms with van der Waals surface area (Å²) in [6, 6.07) is 3.51. The average molecular weight is 451 g/mol. The van der Waals surface area contributed by atoms with E-state index in [-0.39, 0.29) is 11.4 Å². The number of nitrogens with zero attached hydrogens (tertiary/aromatic N) is 2. The average Bonchev–Trinajstić information content (AvgIpc) is 3.31. The molecule has 3 heterocycles. The van der Waals surface area contributed by atoms with Gasteiger partial charge in [-0.1, -0.05) is 6.07 Å². The van der Waals surface area contributed by atoms with Gasteiger partial charge in [-0.05, 0) is 48.8 Å². The number of carbonyl (C=O) groups excluding carboxylic acids is 2. The number of hydrogen-bond acceptors (Lipinski definition) is 6. The van der Waals surface area contributed by atoms with Gasteiger partial charge >= 0.3 is 10.2 Å². The fourth-order valence-corrected chi connectivity index (χ4v) is 6.33. The number of fused-ring (bicyclic) bond motifs is 1. The van der Waals surface area contributed by atoms with Crippen molar-refractivity contribution in [3.63, 3.8) is 0 Å². The second-order valence-electron chi connectivity index (χ2n) is 6.66. The minimum atomic E-state index is -4.04. The lowest BCUT2D eigenvalue weighted by molar-refractivity contribution is -0.113. The highest BCUT2D eigenvalue weighted by Crippen LogP contribution is 2.38. The van der Waals surface area contributed by atoms with Crippen molar-refractivity contribution < 1.29 is 18.0 Å². The van der Waals surface area contributed by atoms with Crippen LogP contribution in [0.2, 0.25) is 0 Å². The molecule has 152 valence electrons. The Morgan fingerprint density at radius 3 is 2.72 bits per heavy atom. The summed E-state index contributed by atoms with van der Waals surface area (Å²) in [5.74, 6) is -1.24. The van der Waals surface area contributed by atoms with E-state index in [0.717, 1.165) is 40.4 Å². The number of allylic oxidation sites excluding steroid dienone is 1. The molecule has 0 fully saturated rings. The van der Waals surface area contributed by atoms with Crippen LogP contribution in [0.3, 0.4) is 0 Å². The predicted molar refractivity (Wildman–Crippen MR) is 114 cm³/mol. The molecule has 2 amide bonds. The molecule has 0 spiro atoms. The molecule has 0 atom stereocenters. The summed E-state index contributed by atoms with van der Waals surface area (Å²) in [6.07, 6.45) is 4.99. The Kier molecular flexibility index (Phi) is 5.05. The van der Waals surface area contributed by atoms with Gasteiger partial charge < -0.3 is 11.1 Å². The summed E-state index contributed by atoms with van der Waals surface area (Å²) in [7, 11) is -2.77. The summed E-state index contributed by atoms with van der Waals surface area (Å²) in [6.45, 7) is 0. The van der Waals surface area contributed by atoms with Gasteiger partial charge in [-0.15, -0.1) is 27.1 Å². The molecule has 2 aliphatic rings. The summed E-state index contributed by atoms with van der Waals surface area (Å²) in [4.78, 5) is 26.7. The largest absolute Gasteiger partial charge is 0.365 e. The van der Waals surface area contributed by atoms with Crippen molar-refractivity contribution in [2.24, 2.45) is 10.1 Å². The van der Waals surface area contributed by atoms with Crippen molar-refractivity contribution in [3.05, 3.63) is 50.2 Å². The number of primary amides is 1. The lowest BCUT2D eigenvalue weighted by Crippen LogP contribution is -2.35. The number of thiophene rings is 2. The van der Waals surface area contributed by atoms with E-state index in [1.165, 1.54) is 35.8 Å². The molecule has 3 N–H and O–H groups in total.